The molecule has 0 bridgehead atoms. The maximum absolute atomic E-state index is 13.3. The molecule has 4 rings (SSSR count). The van der Waals surface area contributed by atoms with Crippen molar-refractivity contribution in [2.75, 3.05) is 0 Å². The van der Waals surface area contributed by atoms with E-state index in [1.165, 1.54) is 12.1 Å². The van der Waals surface area contributed by atoms with Crippen LogP contribution in [0.4, 0.5) is 0 Å². The molecule has 9 nitrogen and oxygen atoms in total. The van der Waals surface area contributed by atoms with Gasteiger partial charge in [-0.2, -0.15) is 8.42 Å². The van der Waals surface area contributed by atoms with E-state index in [-0.39, 0.29) is 25.2 Å². The Kier molecular flexibility index (Phi) is 7.54. The summed E-state index contributed by atoms with van der Waals surface area (Å²) in [6.07, 6.45) is 3.31. The normalized spacial score (nSPS) is 11.4. The molecular formula is C28H33N5O4S. The Morgan fingerprint density at radius 2 is 1.61 bits per heavy atom. The highest BCUT2D eigenvalue weighted by atomic mass is 32.2. The van der Waals surface area contributed by atoms with Crippen LogP contribution in [0.3, 0.4) is 0 Å². The van der Waals surface area contributed by atoms with Crippen molar-refractivity contribution in [3.05, 3.63) is 88.6 Å². The van der Waals surface area contributed by atoms with E-state index in [4.69, 9.17) is 4.74 Å². The number of carbonyl (C=O) groups is 1. The van der Waals surface area contributed by atoms with Gasteiger partial charge in [0.05, 0.1) is 5.69 Å². The van der Waals surface area contributed by atoms with E-state index in [1.807, 2.05) is 46.8 Å². The lowest BCUT2D eigenvalue weighted by molar-refractivity contribution is 0.0978. The lowest BCUT2D eigenvalue weighted by Crippen LogP contribution is -2.31. The number of aryl methyl sites for hydroxylation is 4. The van der Waals surface area contributed by atoms with Crippen molar-refractivity contribution in [3.63, 3.8) is 0 Å². The molecule has 0 fully saturated rings. The molecule has 0 aliphatic rings. The van der Waals surface area contributed by atoms with E-state index in [1.54, 1.807) is 37.5 Å². The molecule has 0 radical (unpaired) electrons. The topological polar surface area (TPSA) is 124 Å². The minimum atomic E-state index is -4.23. The first-order valence-corrected chi connectivity index (χ1v) is 13.5. The standard InChI is InChI=1S/C28H29N5O4S.2H2/c1-16(2)26-29-14-21(15-30-26)23-11-10-22(27(34)33-38(35,36)24-9-7-8-20(6)31-24)28(32-23)37-25-18(4)12-17(3)13-19(25)5;;/h7-16H,1-6H3,(H,33,34);2*1H. The van der Waals surface area contributed by atoms with Crippen LogP contribution >= 0.6 is 0 Å². The minimum Gasteiger partial charge on any atom is -0.438 e. The summed E-state index contributed by atoms with van der Waals surface area (Å²) < 4.78 is 34.0. The zero-order valence-corrected chi connectivity index (χ0v) is 22.9. The van der Waals surface area contributed by atoms with Crippen LogP contribution in [0.1, 0.15) is 61.2 Å². The molecule has 1 amide bonds. The number of pyridine rings is 2. The third-order valence-corrected chi connectivity index (χ3v) is 6.99. The van der Waals surface area contributed by atoms with Crippen LogP contribution < -0.4 is 9.46 Å². The average Bonchev–Trinajstić information content (AvgIpc) is 2.86. The Labute approximate surface area is 225 Å². The van der Waals surface area contributed by atoms with Gasteiger partial charge in [-0.25, -0.2) is 24.7 Å². The van der Waals surface area contributed by atoms with Gasteiger partial charge in [0.2, 0.25) is 5.88 Å². The molecule has 4 aromatic rings. The molecule has 10 heteroatoms. The van der Waals surface area contributed by atoms with Gasteiger partial charge < -0.3 is 4.74 Å². The number of benzene rings is 1. The highest BCUT2D eigenvalue weighted by Crippen LogP contribution is 2.32. The molecule has 3 heterocycles. The van der Waals surface area contributed by atoms with Crippen LogP contribution in [0.25, 0.3) is 11.3 Å². The number of aromatic nitrogens is 4. The Morgan fingerprint density at radius 3 is 2.21 bits per heavy atom. The molecule has 0 aliphatic heterocycles. The summed E-state index contributed by atoms with van der Waals surface area (Å²) >= 11 is 0. The molecule has 3 aromatic heterocycles. The lowest BCUT2D eigenvalue weighted by Gasteiger charge is -2.16. The Bertz CT molecular complexity index is 1610. The molecular weight excluding hydrogens is 502 g/mol. The number of sulfonamides is 1. The molecule has 0 aliphatic carbocycles. The minimum absolute atomic E-state index is 0. The third-order valence-electron chi connectivity index (χ3n) is 5.76. The first-order valence-electron chi connectivity index (χ1n) is 12.0. The predicted octanol–water partition coefficient (Wildman–Crippen LogP) is 5.69. The Hall–Kier alpha value is -4.18. The first kappa shape index (κ1) is 26.9. The average molecular weight is 536 g/mol. The van der Waals surface area contributed by atoms with Crippen molar-refractivity contribution in [1.82, 2.24) is 24.7 Å². The van der Waals surface area contributed by atoms with Gasteiger partial charge in [0.25, 0.3) is 15.9 Å². The number of amides is 1. The largest absolute Gasteiger partial charge is 0.438 e. The van der Waals surface area contributed by atoms with Gasteiger partial charge >= 0.3 is 0 Å². The van der Waals surface area contributed by atoms with Crippen LogP contribution in [-0.4, -0.2) is 34.3 Å². The van der Waals surface area contributed by atoms with Gasteiger partial charge in [0.1, 0.15) is 17.1 Å². The SMILES string of the molecule is Cc1cc(C)c(Oc2nc(-c3cnc(C(C)C)nc3)ccc2C(=O)NS(=O)(=O)c2cccc(C)n2)c(C)c1.[HH].[HH]. The van der Waals surface area contributed by atoms with E-state index < -0.39 is 15.9 Å². The lowest BCUT2D eigenvalue weighted by atomic mass is 10.1. The zero-order valence-electron chi connectivity index (χ0n) is 22.1. The Morgan fingerprint density at radius 1 is 0.947 bits per heavy atom. The number of carbonyl (C=O) groups excluding carboxylic acids is 1. The smallest absolute Gasteiger partial charge is 0.281 e. The number of hydrogen-bond acceptors (Lipinski definition) is 8. The fourth-order valence-corrected chi connectivity index (χ4v) is 4.92. The molecule has 0 saturated carbocycles. The van der Waals surface area contributed by atoms with Gasteiger partial charge in [-0.1, -0.05) is 37.6 Å². The van der Waals surface area contributed by atoms with E-state index >= 15 is 0 Å². The van der Waals surface area contributed by atoms with Gasteiger partial charge in [-0.05, 0) is 63.1 Å². The summed E-state index contributed by atoms with van der Waals surface area (Å²) in [4.78, 5) is 30.7. The second kappa shape index (κ2) is 10.7. The number of nitrogens with one attached hydrogen (secondary N) is 1. The summed E-state index contributed by atoms with van der Waals surface area (Å²) in [6, 6.07) is 11.5. The van der Waals surface area contributed by atoms with Gasteiger partial charge in [-0.15, -0.1) is 0 Å². The fraction of sp³-hybridized carbons (Fsp3) is 0.250. The fourth-order valence-electron chi connectivity index (χ4n) is 3.94. The monoisotopic (exact) mass is 535 g/mol. The van der Waals surface area contributed by atoms with Crippen molar-refractivity contribution < 1.29 is 20.8 Å². The summed E-state index contributed by atoms with van der Waals surface area (Å²) in [7, 11) is -4.23. The summed E-state index contributed by atoms with van der Waals surface area (Å²) in [5.41, 5.74) is 4.31. The second-order valence-corrected chi connectivity index (χ2v) is 11.0. The highest BCUT2D eigenvalue weighted by Gasteiger charge is 2.25. The van der Waals surface area contributed by atoms with E-state index in [0.717, 1.165) is 16.7 Å². The molecule has 1 N–H and O–H groups in total. The van der Waals surface area contributed by atoms with E-state index in [9.17, 15) is 13.2 Å². The number of ether oxygens (including phenoxy) is 1. The van der Waals surface area contributed by atoms with Crippen molar-refractivity contribution in [2.24, 2.45) is 0 Å². The van der Waals surface area contributed by atoms with Gasteiger partial charge in [0.15, 0.2) is 5.03 Å². The maximum Gasteiger partial charge on any atom is 0.281 e. The second-order valence-electron chi connectivity index (χ2n) is 9.42. The molecule has 0 saturated heterocycles. The summed E-state index contributed by atoms with van der Waals surface area (Å²) in [5.74, 6) is 0.455. The van der Waals surface area contributed by atoms with Crippen molar-refractivity contribution >= 4 is 15.9 Å². The highest BCUT2D eigenvalue weighted by molar-refractivity contribution is 7.90. The molecule has 38 heavy (non-hydrogen) atoms. The van der Waals surface area contributed by atoms with Gasteiger partial charge in [0, 0.05) is 32.4 Å². The van der Waals surface area contributed by atoms with Crippen LogP contribution in [-0.2, 0) is 10.0 Å². The summed E-state index contributed by atoms with van der Waals surface area (Å²) in [6.45, 7) is 11.4. The van der Waals surface area contributed by atoms with Crippen LogP contribution in [0.5, 0.6) is 11.6 Å². The summed E-state index contributed by atoms with van der Waals surface area (Å²) in [5, 5.41) is -0.259. The predicted molar refractivity (Wildman–Crippen MR) is 148 cm³/mol. The third kappa shape index (κ3) is 5.86. The molecule has 1 aromatic carbocycles. The van der Waals surface area contributed by atoms with E-state index in [0.29, 0.717) is 28.5 Å². The van der Waals surface area contributed by atoms with Crippen LogP contribution in [0.15, 0.2) is 59.9 Å². The quantitative estimate of drug-likeness (QED) is 0.320. The number of rotatable bonds is 7. The molecule has 0 atom stereocenters. The van der Waals surface area contributed by atoms with Gasteiger partial charge in [-0.3, -0.25) is 4.79 Å². The van der Waals surface area contributed by atoms with Crippen molar-refractivity contribution in [3.8, 4) is 22.9 Å². The molecule has 0 unspecified atom stereocenters. The van der Waals surface area contributed by atoms with Crippen molar-refractivity contribution in [2.45, 2.75) is 52.5 Å². The number of hydrogen-bond donors (Lipinski definition) is 1. The maximum atomic E-state index is 13.3. The number of nitrogens with zero attached hydrogens (tertiary/aromatic N) is 4. The van der Waals surface area contributed by atoms with Crippen molar-refractivity contribution in [1.29, 1.82) is 0 Å². The molecule has 0 spiro atoms. The first-order chi connectivity index (χ1) is 17.9. The van der Waals surface area contributed by atoms with Crippen LogP contribution in [0, 0.1) is 27.7 Å². The Balaban J connectivity index is 0.00000280. The van der Waals surface area contributed by atoms with Crippen LogP contribution in [0.2, 0.25) is 0 Å². The zero-order chi connectivity index (χ0) is 27.6. The molecule has 200 valence electrons. The van der Waals surface area contributed by atoms with E-state index in [2.05, 4.69) is 24.7 Å².